The number of methoxy groups -OCH3 is 2. The fourth-order valence-electron chi connectivity index (χ4n) is 1.82. The molecular weight excluding hydrogens is 378 g/mol. The first-order chi connectivity index (χ1) is 12.5. The highest BCUT2D eigenvalue weighted by Crippen LogP contribution is 2.26. The molecule has 26 heavy (non-hydrogen) atoms. The topological polar surface area (TPSA) is 99.6 Å². The van der Waals surface area contributed by atoms with E-state index < -0.39 is 6.10 Å². The van der Waals surface area contributed by atoms with Crippen LogP contribution in [0.2, 0.25) is 0 Å². The van der Waals surface area contributed by atoms with Gasteiger partial charge in [-0.2, -0.15) is 0 Å². The molecule has 0 spiro atoms. The van der Waals surface area contributed by atoms with Gasteiger partial charge in [0.15, 0.2) is 10.4 Å². The Bertz CT molecular complexity index is 736. The number of thioether (sulfide) groups is 1. The molecule has 0 radical (unpaired) electrons. The zero-order chi connectivity index (χ0) is 18.9. The highest BCUT2D eigenvalue weighted by atomic mass is 32.2. The predicted octanol–water partition coefficient (Wildman–Crippen LogP) is 2.61. The molecule has 1 unspecified atom stereocenters. The molecule has 1 atom stereocenters. The molecule has 1 heterocycles. The Morgan fingerprint density at radius 2 is 1.88 bits per heavy atom. The van der Waals surface area contributed by atoms with Crippen molar-refractivity contribution < 1.29 is 23.8 Å². The van der Waals surface area contributed by atoms with Crippen LogP contribution in [-0.2, 0) is 14.3 Å². The van der Waals surface area contributed by atoms with E-state index in [9.17, 15) is 9.59 Å². The lowest BCUT2D eigenvalue weighted by atomic mass is 10.2. The first kappa shape index (κ1) is 20.0. The predicted molar refractivity (Wildman–Crippen MR) is 99.0 cm³/mol. The van der Waals surface area contributed by atoms with Crippen LogP contribution in [0.15, 0.2) is 28.6 Å². The fraction of sp³-hybridized carbons (Fsp3) is 0.375. The molecule has 1 amide bonds. The summed E-state index contributed by atoms with van der Waals surface area (Å²) in [7, 11) is 2.90. The number of benzene rings is 1. The van der Waals surface area contributed by atoms with Crippen LogP contribution in [0, 0.1) is 0 Å². The number of hydrogen-bond acceptors (Lipinski definition) is 9. The molecule has 1 N–H and O–H groups in total. The Morgan fingerprint density at radius 1 is 1.19 bits per heavy atom. The van der Waals surface area contributed by atoms with Gasteiger partial charge in [0, 0.05) is 0 Å². The lowest BCUT2D eigenvalue weighted by Gasteiger charge is -2.16. The third-order valence-corrected chi connectivity index (χ3v) is 5.12. The summed E-state index contributed by atoms with van der Waals surface area (Å²) < 4.78 is 15.9. The molecule has 0 bridgehead atoms. The zero-order valence-electron chi connectivity index (χ0n) is 14.6. The molecule has 0 fully saturated rings. The number of carbonyl (C=O) groups is 2. The average molecular weight is 397 g/mol. The first-order valence-electron chi connectivity index (χ1n) is 7.70. The maximum absolute atomic E-state index is 12.4. The van der Waals surface area contributed by atoms with Crippen molar-refractivity contribution in [1.82, 2.24) is 10.2 Å². The lowest BCUT2D eigenvalue weighted by molar-refractivity contribution is -0.137. The Kier molecular flexibility index (Phi) is 7.67. The minimum absolute atomic E-state index is 0.136. The first-order valence-corrected chi connectivity index (χ1v) is 9.50. The second-order valence-electron chi connectivity index (χ2n) is 4.92. The molecule has 2 aromatic rings. The van der Waals surface area contributed by atoms with E-state index >= 15 is 0 Å². The van der Waals surface area contributed by atoms with Crippen molar-refractivity contribution in [2.24, 2.45) is 0 Å². The number of nitrogens with zero attached hydrogens (tertiary/aromatic N) is 2. The summed E-state index contributed by atoms with van der Waals surface area (Å²) in [4.78, 5) is 23.5. The van der Waals surface area contributed by atoms with Gasteiger partial charge in [-0.25, -0.2) is 0 Å². The van der Waals surface area contributed by atoms with Gasteiger partial charge in [0.1, 0.15) is 11.5 Å². The Labute approximate surface area is 159 Å². The number of hydrogen-bond donors (Lipinski definition) is 1. The molecule has 0 aliphatic carbocycles. The van der Waals surface area contributed by atoms with Gasteiger partial charge in [-0.3, -0.25) is 14.9 Å². The van der Waals surface area contributed by atoms with Crippen molar-refractivity contribution >= 4 is 40.1 Å². The lowest BCUT2D eigenvalue weighted by Crippen LogP contribution is -2.32. The molecule has 8 nitrogen and oxygen atoms in total. The summed E-state index contributed by atoms with van der Waals surface area (Å²) in [5.41, 5.74) is 0. The molecule has 0 aliphatic rings. The standard InChI is InChI=1S/C16H19N3O5S2/c1-4-12(24-11-7-5-10(22-2)6-8-11)14(21)17-15-18-19-16(26-15)25-9-13(20)23-3/h5-8,12H,4,9H2,1-3H3,(H,17,18,21). The molecular formula is C16H19N3O5S2. The van der Waals surface area contributed by atoms with Gasteiger partial charge < -0.3 is 14.2 Å². The van der Waals surface area contributed by atoms with Crippen molar-refractivity contribution in [2.75, 3.05) is 25.3 Å². The number of anilines is 1. The number of amides is 1. The van der Waals surface area contributed by atoms with E-state index in [0.717, 1.165) is 0 Å². The van der Waals surface area contributed by atoms with Crippen molar-refractivity contribution in [2.45, 2.75) is 23.8 Å². The summed E-state index contributed by atoms with van der Waals surface area (Å²) >= 11 is 2.38. The van der Waals surface area contributed by atoms with E-state index in [1.807, 2.05) is 6.92 Å². The van der Waals surface area contributed by atoms with Gasteiger partial charge in [-0.1, -0.05) is 30.0 Å². The van der Waals surface area contributed by atoms with Gasteiger partial charge in [0.2, 0.25) is 5.13 Å². The van der Waals surface area contributed by atoms with Crippen molar-refractivity contribution in [3.05, 3.63) is 24.3 Å². The van der Waals surface area contributed by atoms with E-state index in [1.54, 1.807) is 31.4 Å². The minimum Gasteiger partial charge on any atom is -0.497 e. The van der Waals surface area contributed by atoms with E-state index in [-0.39, 0.29) is 17.6 Å². The molecule has 10 heteroatoms. The van der Waals surface area contributed by atoms with Gasteiger partial charge in [-0.05, 0) is 30.7 Å². The van der Waals surface area contributed by atoms with Gasteiger partial charge in [0.25, 0.3) is 5.91 Å². The summed E-state index contributed by atoms with van der Waals surface area (Å²) in [5, 5.41) is 10.8. The van der Waals surface area contributed by atoms with E-state index in [0.29, 0.717) is 27.4 Å². The fourth-order valence-corrected chi connectivity index (χ4v) is 3.41. The molecule has 1 aromatic carbocycles. The van der Waals surface area contributed by atoms with Crippen LogP contribution < -0.4 is 14.8 Å². The molecule has 140 valence electrons. The Balaban J connectivity index is 1.91. The van der Waals surface area contributed by atoms with Gasteiger partial charge >= 0.3 is 5.97 Å². The monoisotopic (exact) mass is 397 g/mol. The number of aromatic nitrogens is 2. The van der Waals surface area contributed by atoms with Crippen LogP contribution in [-0.4, -0.2) is 48.2 Å². The van der Waals surface area contributed by atoms with Gasteiger partial charge in [0.05, 0.1) is 20.0 Å². The summed E-state index contributed by atoms with van der Waals surface area (Å²) in [5.74, 6) is 0.746. The van der Waals surface area contributed by atoms with Crippen LogP contribution in [0.1, 0.15) is 13.3 Å². The largest absolute Gasteiger partial charge is 0.497 e. The normalized spacial score (nSPS) is 11.5. The van der Waals surface area contributed by atoms with Crippen LogP contribution in [0.3, 0.4) is 0 Å². The zero-order valence-corrected chi connectivity index (χ0v) is 16.2. The summed E-state index contributed by atoms with van der Waals surface area (Å²) in [6.07, 6.45) is -0.181. The quantitative estimate of drug-likeness (QED) is 0.392. The van der Waals surface area contributed by atoms with E-state index in [2.05, 4.69) is 20.3 Å². The number of carbonyl (C=O) groups excluding carboxylic acids is 2. The molecule has 0 aliphatic heterocycles. The second-order valence-corrected chi connectivity index (χ2v) is 7.12. The minimum atomic E-state index is -0.668. The van der Waals surface area contributed by atoms with Crippen molar-refractivity contribution in [1.29, 1.82) is 0 Å². The number of ether oxygens (including phenoxy) is 3. The smallest absolute Gasteiger partial charge is 0.316 e. The maximum atomic E-state index is 12.4. The number of esters is 1. The van der Waals surface area contributed by atoms with E-state index in [4.69, 9.17) is 9.47 Å². The van der Waals surface area contributed by atoms with Crippen molar-refractivity contribution in [3.8, 4) is 11.5 Å². The Hall–Kier alpha value is -2.33. The molecule has 1 aromatic heterocycles. The number of nitrogens with one attached hydrogen (secondary N) is 1. The molecule has 0 saturated carbocycles. The SMILES string of the molecule is CCC(Oc1ccc(OC)cc1)C(=O)Nc1nnc(SCC(=O)OC)s1. The maximum Gasteiger partial charge on any atom is 0.316 e. The third-order valence-electron chi connectivity index (χ3n) is 3.18. The Morgan fingerprint density at radius 3 is 2.50 bits per heavy atom. The summed E-state index contributed by atoms with van der Waals surface area (Å²) in [6.45, 7) is 1.85. The van der Waals surface area contributed by atoms with Crippen molar-refractivity contribution in [3.63, 3.8) is 0 Å². The highest BCUT2D eigenvalue weighted by Gasteiger charge is 2.20. The van der Waals surface area contributed by atoms with Crippen LogP contribution in [0.5, 0.6) is 11.5 Å². The number of rotatable bonds is 9. The molecule has 2 rings (SSSR count). The van der Waals surface area contributed by atoms with Crippen LogP contribution in [0.4, 0.5) is 5.13 Å². The molecule has 0 saturated heterocycles. The second kappa shape index (κ2) is 9.97. The average Bonchev–Trinajstić information content (AvgIpc) is 3.11. The van der Waals surface area contributed by atoms with Crippen LogP contribution in [0.25, 0.3) is 0 Å². The van der Waals surface area contributed by atoms with E-state index in [1.165, 1.54) is 30.2 Å². The highest BCUT2D eigenvalue weighted by molar-refractivity contribution is 8.01. The summed E-state index contributed by atoms with van der Waals surface area (Å²) in [6, 6.07) is 6.99. The van der Waals surface area contributed by atoms with Gasteiger partial charge in [-0.15, -0.1) is 10.2 Å². The third kappa shape index (κ3) is 5.88. The van der Waals surface area contributed by atoms with Crippen LogP contribution >= 0.6 is 23.1 Å².